The Hall–Kier alpha value is -5.15. The summed E-state index contributed by atoms with van der Waals surface area (Å²) in [5, 5.41) is 15.2. The molecule has 2 aliphatic heterocycles. The van der Waals surface area contributed by atoms with Crippen molar-refractivity contribution in [3.8, 4) is 11.5 Å². The van der Waals surface area contributed by atoms with Crippen molar-refractivity contribution in [2.24, 2.45) is 0 Å². The molecular formula is C57H62Cl2N4O3. The third-order valence-corrected chi connectivity index (χ3v) is 15.4. The van der Waals surface area contributed by atoms with Crippen LogP contribution in [0.4, 0.5) is 0 Å². The summed E-state index contributed by atoms with van der Waals surface area (Å²) in [7, 11) is 6.19. The van der Waals surface area contributed by atoms with Gasteiger partial charge in [-0.3, -0.25) is 4.79 Å². The Kier molecular flexibility index (Phi) is 14.2. The molecule has 4 aliphatic rings. The van der Waals surface area contributed by atoms with Crippen molar-refractivity contribution in [2.75, 3.05) is 34.3 Å². The van der Waals surface area contributed by atoms with Gasteiger partial charge in [0.1, 0.15) is 11.5 Å². The van der Waals surface area contributed by atoms with Gasteiger partial charge in [-0.25, -0.2) is 0 Å². The molecule has 0 unspecified atom stereocenters. The maximum absolute atomic E-state index is 12.5. The van der Waals surface area contributed by atoms with Gasteiger partial charge in [0.2, 0.25) is 5.91 Å². The first-order valence-electron chi connectivity index (χ1n) is 23.6. The number of amides is 1. The lowest BCUT2D eigenvalue weighted by Crippen LogP contribution is -2.40. The molecule has 6 aromatic carbocycles. The number of halogens is 2. The molecule has 2 N–H and O–H groups in total. The van der Waals surface area contributed by atoms with Crippen LogP contribution < -0.4 is 10.1 Å². The largest absolute Gasteiger partial charge is 0.506 e. The molecule has 0 aromatic heterocycles. The van der Waals surface area contributed by atoms with Crippen LogP contribution in [-0.2, 0) is 56.7 Å². The average Bonchev–Trinajstić information content (AvgIpc) is 3.56. The van der Waals surface area contributed by atoms with Gasteiger partial charge in [0.25, 0.3) is 0 Å². The van der Waals surface area contributed by atoms with Crippen LogP contribution >= 0.6 is 23.2 Å². The fourth-order valence-corrected chi connectivity index (χ4v) is 11.8. The molecule has 2 aliphatic carbocycles. The first-order chi connectivity index (χ1) is 32.1. The van der Waals surface area contributed by atoms with Crippen molar-refractivity contribution in [2.45, 2.75) is 95.5 Å². The first kappa shape index (κ1) is 46.0. The van der Waals surface area contributed by atoms with E-state index in [9.17, 15) is 9.90 Å². The number of carbonyl (C=O) groups is 1. The van der Waals surface area contributed by atoms with Gasteiger partial charge < -0.3 is 29.9 Å². The number of phenolic OH excluding ortho intramolecular Hbond substituents is 1. The molecule has 0 saturated heterocycles. The molecule has 0 saturated carbocycles. The fraction of sp³-hybridized carbons (Fsp3) is 0.351. The van der Waals surface area contributed by atoms with Crippen molar-refractivity contribution in [1.82, 2.24) is 20.0 Å². The summed E-state index contributed by atoms with van der Waals surface area (Å²) in [4.78, 5) is 19.5. The second-order valence-electron chi connectivity index (χ2n) is 18.7. The van der Waals surface area contributed by atoms with Crippen LogP contribution in [0, 0.1) is 0 Å². The monoisotopic (exact) mass is 920 g/mol. The van der Waals surface area contributed by atoms with Gasteiger partial charge >= 0.3 is 0 Å². The molecule has 66 heavy (non-hydrogen) atoms. The van der Waals surface area contributed by atoms with E-state index in [1.54, 1.807) is 14.0 Å². The van der Waals surface area contributed by atoms with E-state index in [2.05, 4.69) is 120 Å². The van der Waals surface area contributed by atoms with E-state index in [1.165, 1.54) is 67.6 Å². The number of phenols is 1. The van der Waals surface area contributed by atoms with E-state index >= 15 is 0 Å². The maximum atomic E-state index is 12.5. The number of nitrogens with one attached hydrogen (secondary N) is 1. The van der Waals surface area contributed by atoms with Crippen molar-refractivity contribution in [1.29, 1.82) is 0 Å². The van der Waals surface area contributed by atoms with E-state index in [4.69, 9.17) is 27.9 Å². The summed E-state index contributed by atoms with van der Waals surface area (Å²) in [6.07, 6.45) is 6.29. The second kappa shape index (κ2) is 20.4. The zero-order chi connectivity index (χ0) is 45.9. The van der Waals surface area contributed by atoms with Gasteiger partial charge in [0.05, 0.1) is 17.2 Å². The van der Waals surface area contributed by atoms with Crippen LogP contribution in [0.15, 0.2) is 121 Å². The van der Waals surface area contributed by atoms with Crippen LogP contribution in [0.25, 0.3) is 0 Å². The zero-order valence-corrected chi connectivity index (χ0v) is 40.2. The third kappa shape index (κ3) is 9.65. The topological polar surface area (TPSA) is 68.3 Å². The van der Waals surface area contributed by atoms with Gasteiger partial charge in [-0.2, -0.15) is 0 Å². The van der Waals surface area contributed by atoms with Crippen molar-refractivity contribution in [3.05, 3.63) is 198 Å². The average molecular weight is 922 g/mol. The van der Waals surface area contributed by atoms with Crippen LogP contribution in [0.3, 0.4) is 0 Å². The lowest BCUT2D eigenvalue weighted by atomic mass is 9.73. The summed E-state index contributed by atoms with van der Waals surface area (Å²) in [5.74, 6) is 1.53. The minimum Gasteiger partial charge on any atom is -0.506 e. The Labute approximate surface area is 401 Å². The standard InChI is InChI=1S/C29H31ClN2O2.C28H31ClN2O/c1-19(33)32(17-20-7-4-3-5-8-20)18-22-9-6-10-24-23(22)11-12-27-29(24)25-16-28(34)26(30)15-21(25)13-14-31(27)2;1-31-14-13-20-15-25(29)27(32-2)16-24(20)28-23-10-6-9-21(22(23)11-12-26(28)31)18-30-17-19-7-4-3-5-8-19/h3-10,15-16,27,29,34H,11-14,17-18H2,1-2H3;3-10,15-16,26,28,30H,11-14,17-18H2,1-2H3/t27-,29+;26-,28+/m00/s1. The molecule has 7 nitrogen and oxygen atoms in total. The van der Waals surface area contributed by atoms with E-state index in [0.29, 0.717) is 41.1 Å². The lowest BCUT2D eigenvalue weighted by Gasteiger charge is -2.39. The molecule has 0 bridgehead atoms. The van der Waals surface area contributed by atoms with E-state index in [1.807, 2.05) is 35.2 Å². The SMILES string of the molecule is CC(=O)N(Cc1ccccc1)Cc1cccc2c1CC[C@H]1[C@H]2c2cc(O)c(Cl)cc2CCN1C.COc1cc2c(cc1Cl)CCN(C)[C@H]1CCc3c(CNCc4ccccc4)cccc3[C@H]21. The second-order valence-corrected chi connectivity index (χ2v) is 19.6. The molecule has 10 rings (SSSR count). The number of ether oxygens (including phenoxy) is 1. The van der Waals surface area contributed by atoms with Crippen molar-refractivity contribution < 1.29 is 14.6 Å². The number of hydrogen-bond acceptors (Lipinski definition) is 6. The van der Waals surface area contributed by atoms with Gasteiger partial charge in [-0.1, -0.05) is 120 Å². The number of aromatic hydroxyl groups is 1. The summed E-state index contributed by atoms with van der Waals surface area (Å²) in [5.41, 5.74) is 15.9. The Morgan fingerprint density at radius 1 is 0.652 bits per heavy atom. The number of rotatable bonds is 9. The molecule has 4 atom stereocenters. The highest BCUT2D eigenvalue weighted by atomic mass is 35.5. The number of nitrogens with zero attached hydrogens (tertiary/aromatic N) is 3. The third-order valence-electron chi connectivity index (χ3n) is 14.8. The number of methoxy groups -OCH3 is 1. The Balaban J connectivity index is 0.000000166. The molecule has 0 spiro atoms. The van der Waals surface area contributed by atoms with Crippen LogP contribution in [-0.4, -0.2) is 72.1 Å². The first-order valence-corrected chi connectivity index (χ1v) is 24.4. The molecule has 1 amide bonds. The van der Waals surface area contributed by atoms with Crippen LogP contribution in [0.5, 0.6) is 11.5 Å². The highest BCUT2D eigenvalue weighted by molar-refractivity contribution is 6.32. The number of fused-ring (bicyclic) bond motifs is 10. The summed E-state index contributed by atoms with van der Waals surface area (Å²) >= 11 is 12.8. The van der Waals surface area contributed by atoms with Crippen molar-refractivity contribution in [3.63, 3.8) is 0 Å². The molecular weight excluding hydrogens is 860 g/mol. The minimum absolute atomic E-state index is 0.0780. The molecule has 6 aromatic rings. The van der Waals surface area contributed by atoms with Gasteiger partial charge in [0, 0.05) is 70.1 Å². The minimum atomic E-state index is 0.0780. The summed E-state index contributed by atoms with van der Waals surface area (Å²) in [6.45, 7) is 6.66. The Bertz CT molecular complexity index is 2680. The highest BCUT2D eigenvalue weighted by Gasteiger charge is 2.39. The predicted octanol–water partition coefficient (Wildman–Crippen LogP) is 11.1. The summed E-state index contributed by atoms with van der Waals surface area (Å²) < 4.78 is 5.61. The fourth-order valence-electron chi connectivity index (χ4n) is 11.4. The van der Waals surface area contributed by atoms with Gasteiger partial charge in [-0.15, -0.1) is 0 Å². The smallest absolute Gasteiger partial charge is 0.220 e. The normalized spacial score (nSPS) is 19.8. The highest BCUT2D eigenvalue weighted by Crippen LogP contribution is 2.47. The molecule has 2 heterocycles. The number of hydrogen-bond donors (Lipinski definition) is 2. The van der Waals surface area contributed by atoms with Gasteiger partial charge in [0.15, 0.2) is 0 Å². The van der Waals surface area contributed by atoms with Crippen molar-refractivity contribution >= 4 is 29.1 Å². The summed E-state index contributed by atoms with van der Waals surface area (Å²) in [6, 6.07) is 43.2. The van der Waals surface area contributed by atoms with Crippen LogP contribution in [0.2, 0.25) is 10.0 Å². The van der Waals surface area contributed by atoms with E-state index in [0.717, 1.165) is 69.6 Å². The Morgan fingerprint density at radius 2 is 1.20 bits per heavy atom. The van der Waals surface area contributed by atoms with Crippen LogP contribution in [0.1, 0.15) is 98.4 Å². The molecule has 342 valence electrons. The molecule has 0 radical (unpaired) electrons. The molecule has 0 fully saturated rings. The molecule has 9 heteroatoms. The zero-order valence-electron chi connectivity index (χ0n) is 38.7. The maximum Gasteiger partial charge on any atom is 0.220 e. The number of carbonyl (C=O) groups excluding carboxylic acids is 1. The predicted molar refractivity (Wildman–Crippen MR) is 268 cm³/mol. The Morgan fingerprint density at radius 3 is 1.79 bits per heavy atom. The van der Waals surface area contributed by atoms with E-state index < -0.39 is 0 Å². The number of likely N-dealkylation sites (N-methyl/N-ethyl adjacent to an activating group) is 2. The number of benzene rings is 6. The quantitative estimate of drug-likeness (QED) is 0.151. The van der Waals surface area contributed by atoms with E-state index in [-0.39, 0.29) is 17.6 Å². The lowest BCUT2D eigenvalue weighted by molar-refractivity contribution is -0.130. The van der Waals surface area contributed by atoms with Gasteiger partial charge in [-0.05, 0) is 144 Å².